The Balaban J connectivity index is 1.28. The Bertz CT molecular complexity index is 1120. The lowest BCUT2D eigenvalue weighted by atomic mass is 9.93. The van der Waals surface area contributed by atoms with Crippen molar-refractivity contribution in [3.8, 4) is 5.69 Å². The van der Waals surface area contributed by atoms with Gasteiger partial charge in [-0.25, -0.2) is 24.6 Å². The van der Waals surface area contributed by atoms with Gasteiger partial charge in [-0.1, -0.05) is 26.0 Å². The fourth-order valence-electron chi connectivity index (χ4n) is 3.71. The molecule has 192 valence electrons. The Labute approximate surface area is 210 Å². The zero-order chi connectivity index (χ0) is 25.5. The highest BCUT2D eigenvalue weighted by Gasteiger charge is 2.22. The van der Waals surface area contributed by atoms with E-state index in [0.29, 0.717) is 36.9 Å². The summed E-state index contributed by atoms with van der Waals surface area (Å²) in [6.07, 6.45) is 9.55. The third-order valence-electron chi connectivity index (χ3n) is 5.88. The fourth-order valence-corrected chi connectivity index (χ4v) is 3.71. The van der Waals surface area contributed by atoms with Crippen LogP contribution in [0.25, 0.3) is 5.69 Å². The van der Waals surface area contributed by atoms with E-state index in [-0.39, 0.29) is 24.4 Å². The number of aliphatic hydroxyl groups is 1. The highest BCUT2D eigenvalue weighted by atomic mass is 16.5. The summed E-state index contributed by atoms with van der Waals surface area (Å²) in [5, 5.41) is 17.2. The van der Waals surface area contributed by atoms with Crippen molar-refractivity contribution < 1.29 is 14.6 Å². The van der Waals surface area contributed by atoms with Crippen molar-refractivity contribution in [2.45, 2.75) is 39.0 Å². The Hall–Kier alpha value is -3.51. The van der Waals surface area contributed by atoms with E-state index in [1.165, 1.54) is 0 Å². The second kappa shape index (κ2) is 11.5. The summed E-state index contributed by atoms with van der Waals surface area (Å²) in [5.41, 5.74) is 2.09. The summed E-state index contributed by atoms with van der Waals surface area (Å²) in [6.45, 7) is 9.91. The number of piperazine rings is 1. The van der Waals surface area contributed by atoms with Crippen molar-refractivity contribution >= 4 is 17.7 Å². The quantitative estimate of drug-likeness (QED) is 0.323. The molecular weight excluding hydrogens is 462 g/mol. The third kappa shape index (κ3) is 6.38. The molecule has 3 aromatic heterocycles. The number of Topliss-reactive ketones (excluding diaryl/α,β-unsaturated/α-hetero) is 1. The SMILES string of the molecule is CC(C)(C)c1cn(-c2cnc(N3CCN(c4ncc(C(=O)CCCOCCO)cn4)CC3)nc2)nn1. The van der Waals surface area contributed by atoms with E-state index >= 15 is 0 Å². The minimum Gasteiger partial charge on any atom is -0.394 e. The second-order valence-corrected chi connectivity index (χ2v) is 9.65. The molecule has 0 aromatic carbocycles. The van der Waals surface area contributed by atoms with Gasteiger partial charge in [-0.3, -0.25) is 4.79 Å². The van der Waals surface area contributed by atoms with Crippen LogP contribution in [0.2, 0.25) is 0 Å². The standard InChI is InChI=1S/C24H33N9O3/c1-24(2,3)21-17-33(30-29-21)19-15-27-23(28-16-19)32-8-6-31(7-9-32)22-25-13-18(14-26-22)20(35)5-4-11-36-12-10-34/h13-17,34H,4-12H2,1-3H3. The number of ketones is 1. The van der Waals surface area contributed by atoms with Crippen LogP contribution in [0.4, 0.5) is 11.9 Å². The molecule has 1 N–H and O–H groups in total. The lowest BCUT2D eigenvalue weighted by Crippen LogP contribution is -2.47. The lowest BCUT2D eigenvalue weighted by molar-refractivity contribution is 0.0832. The summed E-state index contributed by atoms with van der Waals surface area (Å²) in [4.78, 5) is 34.4. The molecule has 4 heterocycles. The molecule has 0 bridgehead atoms. The van der Waals surface area contributed by atoms with E-state index in [4.69, 9.17) is 9.84 Å². The van der Waals surface area contributed by atoms with Gasteiger partial charge in [0.2, 0.25) is 11.9 Å². The molecule has 12 heteroatoms. The first-order chi connectivity index (χ1) is 17.3. The first-order valence-corrected chi connectivity index (χ1v) is 12.1. The van der Waals surface area contributed by atoms with Crippen LogP contribution in [0, 0.1) is 0 Å². The molecule has 1 aliphatic heterocycles. The maximum atomic E-state index is 12.3. The summed E-state index contributed by atoms with van der Waals surface area (Å²) < 4.78 is 6.88. The summed E-state index contributed by atoms with van der Waals surface area (Å²) in [7, 11) is 0. The van der Waals surface area contributed by atoms with Crippen molar-refractivity contribution in [3.05, 3.63) is 42.2 Å². The van der Waals surface area contributed by atoms with Crippen LogP contribution >= 0.6 is 0 Å². The first-order valence-electron chi connectivity index (χ1n) is 12.1. The minimum atomic E-state index is -0.0748. The van der Waals surface area contributed by atoms with Crippen LogP contribution in [0.15, 0.2) is 31.0 Å². The molecule has 0 spiro atoms. The smallest absolute Gasteiger partial charge is 0.225 e. The summed E-state index contributed by atoms with van der Waals surface area (Å²) in [5.74, 6) is 1.26. The van der Waals surface area contributed by atoms with E-state index in [9.17, 15) is 4.79 Å². The van der Waals surface area contributed by atoms with Crippen molar-refractivity contribution in [3.63, 3.8) is 0 Å². The topological polar surface area (TPSA) is 135 Å². The number of aromatic nitrogens is 7. The van der Waals surface area contributed by atoms with E-state index in [1.807, 2.05) is 6.20 Å². The molecule has 1 saturated heterocycles. The number of ether oxygens (including phenoxy) is 1. The molecule has 36 heavy (non-hydrogen) atoms. The van der Waals surface area contributed by atoms with Crippen LogP contribution in [-0.4, -0.2) is 91.8 Å². The number of anilines is 2. The Kier molecular flexibility index (Phi) is 8.16. The third-order valence-corrected chi connectivity index (χ3v) is 5.88. The van der Waals surface area contributed by atoms with Gasteiger partial charge in [-0.05, 0) is 6.42 Å². The molecule has 4 rings (SSSR count). The van der Waals surface area contributed by atoms with Crippen molar-refractivity contribution in [1.82, 2.24) is 34.9 Å². The van der Waals surface area contributed by atoms with Crippen molar-refractivity contribution in [2.24, 2.45) is 0 Å². The minimum absolute atomic E-state index is 0.0138. The maximum Gasteiger partial charge on any atom is 0.225 e. The van der Waals surface area contributed by atoms with Gasteiger partial charge in [-0.15, -0.1) is 5.10 Å². The second-order valence-electron chi connectivity index (χ2n) is 9.65. The Morgan fingerprint density at radius 1 is 0.944 bits per heavy atom. The zero-order valence-corrected chi connectivity index (χ0v) is 21.0. The average molecular weight is 496 g/mol. The monoisotopic (exact) mass is 495 g/mol. The molecule has 1 aliphatic rings. The van der Waals surface area contributed by atoms with Crippen LogP contribution in [0.3, 0.4) is 0 Å². The van der Waals surface area contributed by atoms with E-state index in [0.717, 1.165) is 37.6 Å². The van der Waals surface area contributed by atoms with E-state index in [1.54, 1.807) is 29.5 Å². The predicted octanol–water partition coefficient (Wildman–Crippen LogP) is 1.44. The molecule has 0 radical (unpaired) electrons. The molecule has 1 fully saturated rings. The van der Waals surface area contributed by atoms with E-state index < -0.39 is 0 Å². The van der Waals surface area contributed by atoms with Crippen LogP contribution in [-0.2, 0) is 10.2 Å². The largest absolute Gasteiger partial charge is 0.394 e. The highest BCUT2D eigenvalue weighted by Crippen LogP contribution is 2.20. The molecular formula is C24H33N9O3. The van der Waals surface area contributed by atoms with Crippen LogP contribution < -0.4 is 9.80 Å². The van der Waals surface area contributed by atoms with Crippen molar-refractivity contribution in [2.75, 3.05) is 55.8 Å². The number of aliphatic hydroxyl groups excluding tert-OH is 1. The lowest BCUT2D eigenvalue weighted by Gasteiger charge is -2.34. The van der Waals surface area contributed by atoms with Gasteiger partial charge in [0.15, 0.2) is 5.78 Å². The molecule has 0 atom stereocenters. The highest BCUT2D eigenvalue weighted by molar-refractivity contribution is 5.95. The number of hydrogen-bond donors (Lipinski definition) is 1. The number of carbonyl (C=O) groups excluding carboxylic acids is 1. The molecule has 0 saturated carbocycles. The van der Waals surface area contributed by atoms with Crippen LogP contribution in [0.5, 0.6) is 0 Å². The molecule has 0 amide bonds. The van der Waals surface area contributed by atoms with Crippen molar-refractivity contribution in [1.29, 1.82) is 0 Å². The Morgan fingerprint density at radius 2 is 1.53 bits per heavy atom. The molecule has 0 aliphatic carbocycles. The normalized spacial score (nSPS) is 14.3. The van der Waals surface area contributed by atoms with Gasteiger partial charge in [0.25, 0.3) is 0 Å². The summed E-state index contributed by atoms with van der Waals surface area (Å²) in [6, 6.07) is 0. The molecule has 12 nitrogen and oxygen atoms in total. The summed E-state index contributed by atoms with van der Waals surface area (Å²) >= 11 is 0. The van der Waals surface area contributed by atoms with Gasteiger partial charge < -0.3 is 19.6 Å². The molecule has 0 unspecified atom stereocenters. The van der Waals surface area contributed by atoms with Crippen LogP contribution in [0.1, 0.15) is 49.7 Å². The predicted molar refractivity (Wildman–Crippen MR) is 134 cm³/mol. The van der Waals surface area contributed by atoms with Gasteiger partial charge in [-0.2, -0.15) is 0 Å². The number of nitrogens with zero attached hydrogens (tertiary/aromatic N) is 9. The molecule has 3 aromatic rings. The van der Waals surface area contributed by atoms with Gasteiger partial charge in [0.05, 0.1) is 43.1 Å². The number of rotatable bonds is 10. The average Bonchev–Trinajstić information content (AvgIpc) is 3.40. The number of hydrogen-bond acceptors (Lipinski definition) is 11. The Morgan fingerprint density at radius 3 is 2.06 bits per heavy atom. The van der Waals surface area contributed by atoms with Gasteiger partial charge in [0.1, 0.15) is 5.69 Å². The maximum absolute atomic E-state index is 12.3. The van der Waals surface area contributed by atoms with E-state index in [2.05, 4.69) is 60.8 Å². The van der Waals surface area contributed by atoms with Gasteiger partial charge in [0, 0.05) is 57.0 Å². The first kappa shape index (κ1) is 25.6. The van der Waals surface area contributed by atoms with Gasteiger partial charge >= 0.3 is 0 Å². The fraction of sp³-hybridized carbons (Fsp3) is 0.542. The number of carbonyl (C=O) groups is 1. The zero-order valence-electron chi connectivity index (χ0n) is 21.0.